The molecule has 0 atom stereocenters. The number of hydrogen-bond donors (Lipinski definition) is 1. The summed E-state index contributed by atoms with van der Waals surface area (Å²) in [6.45, 7) is 5.15. The van der Waals surface area contributed by atoms with E-state index in [9.17, 15) is 4.79 Å². The fourth-order valence-corrected chi connectivity index (χ4v) is 1.91. The Morgan fingerprint density at radius 2 is 2.05 bits per heavy atom. The van der Waals surface area contributed by atoms with E-state index in [-0.39, 0.29) is 5.97 Å². The van der Waals surface area contributed by atoms with Gasteiger partial charge in [0.05, 0.1) is 13.2 Å². The molecule has 1 heterocycles. The summed E-state index contributed by atoms with van der Waals surface area (Å²) in [5, 5.41) is 3.22. The predicted octanol–water partition coefficient (Wildman–Crippen LogP) is 1.78. The Kier molecular flexibility index (Phi) is 5.21. The van der Waals surface area contributed by atoms with Crippen molar-refractivity contribution in [2.45, 2.75) is 19.8 Å². The molecule has 0 bridgehead atoms. The molecule has 4 nitrogen and oxygen atoms in total. The topological polar surface area (TPSA) is 47.6 Å². The Morgan fingerprint density at radius 3 is 2.63 bits per heavy atom. The number of hydrogen-bond acceptors (Lipinski definition) is 4. The van der Waals surface area contributed by atoms with Crippen molar-refractivity contribution in [2.75, 3.05) is 26.3 Å². The van der Waals surface area contributed by atoms with Gasteiger partial charge in [0.25, 0.3) is 0 Å². The van der Waals surface area contributed by atoms with E-state index in [0.717, 1.165) is 31.0 Å². The maximum atomic E-state index is 11.2. The fourth-order valence-electron chi connectivity index (χ4n) is 1.91. The normalized spacial score (nSPS) is 14.8. The van der Waals surface area contributed by atoms with E-state index >= 15 is 0 Å². The molecule has 1 fully saturated rings. The molecule has 19 heavy (non-hydrogen) atoms. The molecule has 1 saturated heterocycles. The molecule has 0 aromatic heterocycles. The van der Waals surface area contributed by atoms with Crippen LogP contribution in [0.5, 0.6) is 5.75 Å². The van der Waals surface area contributed by atoms with Crippen LogP contribution in [0, 0.1) is 5.92 Å². The number of aryl methyl sites for hydroxylation is 1. The zero-order valence-corrected chi connectivity index (χ0v) is 11.4. The molecule has 2 rings (SSSR count). The first kappa shape index (κ1) is 13.9. The first-order chi connectivity index (χ1) is 9.28. The number of nitrogens with one attached hydrogen (secondary N) is 1. The van der Waals surface area contributed by atoms with Gasteiger partial charge in [0.1, 0.15) is 5.75 Å². The third kappa shape index (κ3) is 4.56. The SMILES string of the molecule is CCOC(=O)CCc1ccc(OCC2CNC2)cc1. The standard InChI is InChI=1S/C15H21NO3/c1-2-18-15(17)8-5-12-3-6-14(7-4-12)19-11-13-9-16-10-13/h3-4,6-7,13,16H,2,5,8-11H2,1H3. The zero-order chi connectivity index (χ0) is 13.5. The second-order valence-electron chi connectivity index (χ2n) is 4.78. The summed E-state index contributed by atoms with van der Waals surface area (Å²) in [5.74, 6) is 1.40. The summed E-state index contributed by atoms with van der Waals surface area (Å²) in [4.78, 5) is 11.2. The van der Waals surface area contributed by atoms with Gasteiger partial charge < -0.3 is 14.8 Å². The van der Waals surface area contributed by atoms with E-state index < -0.39 is 0 Å². The Labute approximate surface area is 114 Å². The average molecular weight is 263 g/mol. The first-order valence-electron chi connectivity index (χ1n) is 6.86. The molecule has 1 aliphatic heterocycles. The van der Waals surface area contributed by atoms with Gasteiger partial charge in [-0.05, 0) is 31.0 Å². The highest BCUT2D eigenvalue weighted by Gasteiger charge is 2.16. The van der Waals surface area contributed by atoms with Crippen molar-refractivity contribution in [3.63, 3.8) is 0 Å². The van der Waals surface area contributed by atoms with Crippen LogP contribution < -0.4 is 10.1 Å². The van der Waals surface area contributed by atoms with Crippen LogP contribution >= 0.6 is 0 Å². The van der Waals surface area contributed by atoms with Gasteiger partial charge in [-0.25, -0.2) is 0 Å². The lowest BCUT2D eigenvalue weighted by molar-refractivity contribution is -0.143. The molecule has 0 amide bonds. The fraction of sp³-hybridized carbons (Fsp3) is 0.533. The van der Waals surface area contributed by atoms with Crippen molar-refractivity contribution >= 4 is 5.97 Å². The summed E-state index contributed by atoms with van der Waals surface area (Å²) in [5.41, 5.74) is 1.13. The number of carbonyl (C=O) groups excluding carboxylic acids is 1. The molecule has 1 aliphatic rings. The summed E-state index contributed by atoms with van der Waals surface area (Å²) >= 11 is 0. The molecular formula is C15H21NO3. The van der Waals surface area contributed by atoms with Crippen LogP contribution in [0.4, 0.5) is 0 Å². The highest BCUT2D eigenvalue weighted by molar-refractivity contribution is 5.69. The van der Waals surface area contributed by atoms with Crippen molar-refractivity contribution in [3.8, 4) is 5.75 Å². The largest absolute Gasteiger partial charge is 0.493 e. The number of benzene rings is 1. The zero-order valence-electron chi connectivity index (χ0n) is 11.4. The summed E-state index contributed by atoms with van der Waals surface area (Å²) in [6.07, 6.45) is 1.15. The minimum atomic E-state index is -0.139. The van der Waals surface area contributed by atoms with Crippen molar-refractivity contribution in [3.05, 3.63) is 29.8 Å². The van der Waals surface area contributed by atoms with Gasteiger partial charge >= 0.3 is 5.97 Å². The van der Waals surface area contributed by atoms with E-state index in [0.29, 0.717) is 25.4 Å². The maximum absolute atomic E-state index is 11.2. The molecule has 1 aromatic rings. The number of ether oxygens (including phenoxy) is 2. The maximum Gasteiger partial charge on any atom is 0.306 e. The van der Waals surface area contributed by atoms with Gasteiger partial charge in [0.2, 0.25) is 0 Å². The molecule has 0 aliphatic carbocycles. The molecule has 1 N–H and O–H groups in total. The van der Waals surface area contributed by atoms with Crippen LogP contribution in [-0.4, -0.2) is 32.3 Å². The Bertz CT molecular complexity index is 398. The van der Waals surface area contributed by atoms with E-state index in [2.05, 4.69) is 5.32 Å². The lowest BCUT2D eigenvalue weighted by Gasteiger charge is -2.26. The summed E-state index contributed by atoms with van der Waals surface area (Å²) < 4.78 is 10.6. The van der Waals surface area contributed by atoms with Crippen LogP contribution in [0.1, 0.15) is 18.9 Å². The monoisotopic (exact) mass is 263 g/mol. The van der Waals surface area contributed by atoms with Crippen LogP contribution in [0.25, 0.3) is 0 Å². The molecule has 0 radical (unpaired) electrons. The number of rotatable bonds is 7. The van der Waals surface area contributed by atoms with E-state index in [1.165, 1.54) is 0 Å². The smallest absolute Gasteiger partial charge is 0.306 e. The van der Waals surface area contributed by atoms with E-state index in [1.807, 2.05) is 31.2 Å². The van der Waals surface area contributed by atoms with E-state index in [1.54, 1.807) is 0 Å². The lowest BCUT2D eigenvalue weighted by Crippen LogP contribution is -2.45. The highest BCUT2D eigenvalue weighted by atomic mass is 16.5. The molecule has 104 valence electrons. The molecule has 0 spiro atoms. The van der Waals surface area contributed by atoms with Crippen LogP contribution in [0.2, 0.25) is 0 Å². The number of esters is 1. The first-order valence-corrected chi connectivity index (χ1v) is 6.86. The summed E-state index contributed by atoms with van der Waals surface area (Å²) in [6, 6.07) is 7.94. The second kappa shape index (κ2) is 7.14. The van der Waals surface area contributed by atoms with Gasteiger partial charge in [-0.1, -0.05) is 12.1 Å². The lowest BCUT2D eigenvalue weighted by atomic mass is 10.1. The van der Waals surface area contributed by atoms with Crippen LogP contribution in [-0.2, 0) is 16.0 Å². The van der Waals surface area contributed by atoms with Crippen LogP contribution in [0.3, 0.4) is 0 Å². The van der Waals surface area contributed by atoms with Gasteiger partial charge in [-0.15, -0.1) is 0 Å². The van der Waals surface area contributed by atoms with Gasteiger partial charge in [-0.2, -0.15) is 0 Å². The summed E-state index contributed by atoms with van der Waals surface area (Å²) in [7, 11) is 0. The van der Waals surface area contributed by atoms with E-state index in [4.69, 9.17) is 9.47 Å². The minimum Gasteiger partial charge on any atom is -0.493 e. The number of carbonyl (C=O) groups is 1. The Morgan fingerprint density at radius 1 is 1.32 bits per heavy atom. The molecular weight excluding hydrogens is 242 g/mol. The Hall–Kier alpha value is -1.55. The van der Waals surface area contributed by atoms with Crippen LogP contribution in [0.15, 0.2) is 24.3 Å². The predicted molar refractivity (Wildman–Crippen MR) is 73.3 cm³/mol. The minimum absolute atomic E-state index is 0.139. The third-order valence-electron chi connectivity index (χ3n) is 3.20. The molecule has 4 heteroatoms. The molecule has 1 aromatic carbocycles. The molecule has 0 unspecified atom stereocenters. The van der Waals surface area contributed by atoms with Gasteiger partial charge in [0.15, 0.2) is 0 Å². The van der Waals surface area contributed by atoms with Crippen molar-refractivity contribution in [1.29, 1.82) is 0 Å². The van der Waals surface area contributed by atoms with Gasteiger partial charge in [0, 0.05) is 25.4 Å². The Balaban J connectivity index is 1.72. The van der Waals surface area contributed by atoms with Crippen molar-refractivity contribution < 1.29 is 14.3 Å². The third-order valence-corrected chi connectivity index (χ3v) is 3.20. The van der Waals surface area contributed by atoms with Crippen molar-refractivity contribution in [1.82, 2.24) is 5.32 Å². The molecule has 0 saturated carbocycles. The second-order valence-corrected chi connectivity index (χ2v) is 4.78. The van der Waals surface area contributed by atoms with Crippen molar-refractivity contribution in [2.24, 2.45) is 5.92 Å². The van der Waals surface area contributed by atoms with Gasteiger partial charge in [-0.3, -0.25) is 4.79 Å². The average Bonchev–Trinajstić information content (AvgIpc) is 2.36. The highest BCUT2D eigenvalue weighted by Crippen LogP contribution is 2.15. The quantitative estimate of drug-likeness (QED) is 0.762.